The number of carboxylic acid groups (broad SMARTS) is 1. The Morgan fingerprint density at radius 1 is 1.06 bits per heavy atom. The third-order valence-corrected chi connectivity index (χ3v) is 2.44. The second-order valence-corrected chi connectivity index (χ2v) is 4.00. The number of carbonyl (C=O) groups is 1. The van der Waals surface area contributed by atoms with Gasteiger partial charge >= 0.3 is 5.97 Å². The lowest BCUT2D eigenvalue weighted by Gasteiger charge is -2.15. The molecule has 6 heteroatoms. The van der Waals surface area contributed by atoms with E-state index < -0.39 is 5.97 Å². The lowest BCUT2D eigenvalue weighted by Crippen LogP contribution is -2.20. The molecule has 0 saturated heterocycles. The first-order chi connectivity index (χ1) is 8.70. The van der Waals surface area contributed by atoms with Gasteiger partial charge in [0.1, 0.15) is 0 Å². The Bertz CT molecular complexity index is 197. The molecule has 0 saturated carbocycles. The smallest absolute Gasteiger partial charge is 0.303 e. The zero-order valence-electron chi connectivity index (χ0n) is 10.7. The Hall–Kier alpha value is -0.690. The largest absolute Gasteiger partial charge is 0.481 e. The molecular weight excluding hydrogens is 240 g/mol. The molecule has 0 aliphatic heterocycles. The number of carboxylic acids is 1. The van der Waals surface area contributed by atoms with Crippen molar-refractivity contribution in [1.29, 1.82) is 0 Å². The first-order valence-corrected chi connectivity index (χ1v) is 6.33. The first kappa shape index (κ1) is 17.3. The van der Waals surface area contributed by atoms with Crippen LogP contribution in [0, 0.1) is 0 Å². The number of rotatable bonds is 13. The predicted molar refractivity (Wildman–Crippen MR) is 65.5 cm³/mol. The molecule has 3 N–H and O–H groups in total. The van der Waals surface area contributed by atoms with Crippen molar-refractivity contribution in [2.24, 2.45) is 0 Å². The fraction of sp³-hybridized carbons (Fsp3) is 0.917. The summed E-state index contributed by atoms with van der Waals surface area (Å²) < 4.78 is 10.4. The molecule has 1 atom stereocenters. The lowest BCUT2D eigenvalue weighted by atomic mass is 10.1. The van der Waals surface area contributed by atoms with Crippen LogP contribution in [0.3, 0.4) is 0 Å². The Balaban J connectivity index is 3.37. The van der Waals surface area contributed by atoms with Gasteiger partial charge in [0.15, 0.2) is 0 Å². The summed E-state index contributed by atoms with van der Waals surface area (Å²) in [6.45, 7) is 1.03. The van der Waals surface area contributed by atoms with Crippen LogP contribution < -0.4 is 0 Å². The normalized spacial score (nSPS) is 12.6. The molecule has 0 aromatic rings. The van der Waals surface area contributed by atoms with E-state index in [4.69, 9.17) is 24.8 Å². The first-order valence-electron chi connectivity index (χ1n) is 6.33. The van der Waals surface area contributed by atoms with Crippen molar-refractivity contribution >= 4 is 5.97 Å². The third-order valence-electron chi connectivity index (χ3n) is 2.44. The van der Waals surface area contributed by atoms with E-state index in [1.807, 2.05) is 0 Å². The molecule has 0 aliphatic carbocycles. The van der Waals surface area contributed by atoms with Crippen LogP contribution >= 0.6 is 0 Å². The average Bonchev–Trinajstić information content (AvgIpc) is 2.35. The highest BCUT2D eigenvalue weighted by Crippen LogP contribution is 2.08. The highest BCUT2D eigenvalue weighted by Gasteiger charge is 2.07. The maximum absolute atomic E-state index is 10.3. The molecule has 0 aromatic carbocycles. The van der Waals surface area contributed by atoms with Crippen LogP contribution in [0.4, 0.5) is 0 Å². The van der Waals surface area contributed by atoms with Crippen LogP contribution in [-0.4, -0.2) is 60.4 Å². The Morgan fingerprint density at radius 3 is 2.44 bits per heavy atom. The summed E-state index contributed by atoms with van der Waals surface area (Å²) >= 11 is 0. The standard InChI is InChI=1S/C12H24O6/c13-6-7-17-8-9-18-11(10-14)4-2-1-3-5-12(15)16/h11,13-14H,1-10H2,(H,15,16). The van der Waals surface area contributed by atoms with Crippen LogP contribution in [-0.2, 0) is 14.3 Å². The molecule has 0 fully saturated rings. The zero-order chi connectivity index (χ0) is 13.6. The molecule has 1 unspecified atom stereocenters. The Morgan fingerprint density at radius 2 is 1.83 bits per heavy atom. The van der Waals surface area contributed by atoms with Gasteiger partial charge in [-0.25, -0.2) is 0 Å². The molecule has 0 rings (SSSR count). The third kappa shape index (κ3) is 11.8. The van der Waals surface area contributed by atoms with Crippen molar-refractivity contribution in [3.05, 3.63) is 0 Å². The number of hydrogen-bond donors (Lipinski definition) is 3. The van der Waals surface area contributed by atoms with Crippen molar-refractivity contribution in [1.82, 2.24) is 0 Å². The molecule has 0 bridgehead atoms. The van der Waals surface area contributed by atoms with Crippen LogP contribution in [0.1, 0.15) is 32.1 Å². The van der Waals surface area contributed by atoms with Crippen molar-refractivity contribution in [2.45, 2.75) is 38.2 Å². The molecule has 6 nitrogen and oxygen atoms in total. The van der Waals surface area contributed by atoms with E-state index in [-0.39, 0.29) is 25.7 Å². The quantitative estimate of drug-likeness (QED) is 0.417. The summed E-state index contributed by atoms with van der Waals surface area (Å²) in [4.78, 5) is 10.3. The number of aliphatic hydroxyl groups excluding tert-OH is 2. The number of hydrogen-bond acceptors (Lipinski definition) is 5. The van der Waals surface area contributed by atoms with E-state index in [1.54, 1.807) is 0 Å². The number of aliphatic hydroxyl groups is 2. The molecule has 0 amide bonds. The van der Waals surface area contributed by atoms with Crippen molar-refractivity contribution in [3.8, 4) is 0 Å². The van der Waals surface area contributed by atoms with Crippen molar-refractivity contribution < 1.29 is 29.6 Å². The maximum atomic E-state index is 10.3. The van der Waals surface area contributed by atoms with Gasteiger partial charge in [-0.3, -0.25) is 4.79 Å². The number of aliphatic carboxylic acids is 1. The SMILES string of the molecule is O=C(O)CCCCCC(CO)OCCOCCO. The van der Waals surface area contributed by atoms with E-state index in [0.717, 1.165) is 19.3 Å². The van der Waals surface area contributed by atoms with E-state index in [1.165, 1.54) is 0 Å². The second-order valence-electron chi connectivity index (χ2n) is 4.00. The summed E-state index contributed by atoms with van der Waals surface area (Å²) in [6, 6.07) is 0. The van der Waals surface area contributed by atoms with E-state index in [9.17, 15) is 4.79 Å². The predicted octanol–water partition coefficient (Wildman–Crippen LogP) is 0.408. The van der Waals surface area contributed by atoms with Gasteiger partial charge in [-0.2, -0.15) is 0 Å². The van der Waals surface area contributed by atoms with Crippen molar-refractivity contribution in [3.63, 3.8) is 0 Å². The minimum absolute atomic E-state index is 0.00694. The Kier molecular flexibility index (Phi) is 12.3. The minimum atomic E-state index is -0.772. The summed E-state index contributed by atoms with van der Waals surface area (Å²) in [5.41, 5.74) is 0. The van der Waals surface area contributed by atoms with Gasteiger partial charge in [0.2, 0.25) is 0 Å². The topological polar surface area (TPSA) is 96.2 Å². The molecule has 108 valence electrons. The van der Waals surface area contributed by atoms with Gasteiger partial charge in [-0.05, 0) is 12.8 Å². The molecule has 0 aromatic heterocycles. The maximum Gasteiger partial charge on any atom is 0.303 e. The molecular formula is C12H24O6. The fourth-order valence-corrected chi connectivity index (χ4v) is 1.49. The fourth-order valence-electron chi connectivity index (χ4n) is 1.49. The van der Waals surface area contributed by atoms with Gasteiger partial charge in [0.25, 0.3) is 0 Å². The van der Waals surface area contributed by atoms with Gasteiger partial charge < -0.3 is 24.8 Å². The minimum Gasteiger partial charge on any atom is -0.481 e. The van der Waals surface area contributed by atoms with E-state index >= 15 is 0 Å². The molecule has 0 radical (unpaired) electrons. The van der Waals surface area contributed by atoms with Crippen LogP contribution in [0.15, 0.2) is 0 Å². The lowest BCUT2D eigenvalue weighted by molar-refractivity contribution is -0.137. The monoisotopic (exact) mass is 264 g/mol. The molecule has 0 spiro atoms. The molecule has 18 heavy (non-hydrogen) atoms. The van der Waals surface area contributed by atoms with Crippen LogP contribution in [0.25, 0.3) is 0 Å². The number of ether oxygens (including phenoxy) is 2. The highest BCUT2D eigenvalue weighted by molar-refractivity contribution is 5.66. The summed E-state index contributed by atoms with van der Waals surface area (Å²) in [5.74, 6) is -0.772. The molecule has 0 aliphatic rings. The average molecular weight is 264 g/mol. The van der Waals surface area contributed by atoms with E-state index in [0.29, 0.717) is 26.2 Å². The highest BCUT2D eigenvalue weighted by atomic mass is 16.5. The summed E-state index contributed by atoms with van der Waals surface area (Å²) in [5, 5.41) is 26.0. The molecule has 0 heterocycles. The summed E-state index contributed by atoms with van der Waals surface area (Å²) in [6.07, 6.45) is 3.03. The van der Waals surface area contributed by atoms with Gasteiger partial charge in [-0.1, -0.05) is 12.8 Å². The number of unbranched alkanes of at least 4 members (excludes halogenated alkanes) is 2. The van der Waals surface area contributed by atoms with Crippen molar-refractivity contribution in [2.75, 3.05) is 33.0 Å². The van der Waals surface area contributed by atoms with Crippen LogP contribution in [0.5, 0.6) is 0 Å². The summed E-state index contributed by atoms with van der Waals surface area (Å²) in [7, 11) is 0. The van der Waals surface area contributed by atoms with Gasteiger partial charge in [-0.15, -0.1) is 0 Å². The Labute approximate surface area is 108 Å². The van der Waals surface area contributed by atoms with Crippen LogP contribution in [0.2, 0.25) is 0 Å². The van der Waals surface area contributed by atoms with Gasteiger partial charge in [0, 0.05) is 6.42 Å². The van der Waals surface area contributed by atoms with Gasteiger partial charge in [0.05, 0.1) is 39.1 Å². The van der Waals surface area contributed by atoms with E-state index in [2.05, 4.69) is 0 Å². The second kappa shape index (κ2) is 12.8. The zero-order valence-corrected chi connectivity index (χ0v) is 10.7.